The standard InChI is InChI=1S/C11H21N3O2/c1-7-5-4-6-9(7)11(15)14(3)8(2)10(12)13-16/h7-9,16H,4-6H2,1-3H3,(H2,12,13). The molecule has 1 aliphatic carbocycles. The predicted molar refractivity (Wildman–Crippen MR) is 62.1 cm³/mol. The van der Waals surface area contributed by atoms with Gasteiger partial charge in [-0.1, -0.05) is 18.5 Å². The molecule has 3 unspecified atom stereocenters. The zero-order valence-electron chi connectivity index (χ0n) is 10.2. The number of likely N-dealkylation sites (N-methyl/N-ethyl adjacent to an activating group) is 1. The summed E-state index contributed by atoms with van der Waals surface area (Å²) in [4.78, 5) is 13.7. The Hall–Kier alpha value is -1.26. The van der Waals surface area contributed by atoms with Crippen molar-refractivity contribution < 1.29 is 10.0 Å². The Morgan fingerprint density at radius 3 is 2.62 bits per heavy atom. The third-order valence-electron chi connectivity index (χ3n) is 3.65. The van der Waals surface area contributed by atoms with E-state index in [1.807, 2.05) is 0 Å². The topological polar surface area (TPSA) is 78.9 Å². The van der Waals surface area contributed by atoms with Crippen molar-refractivity contribution in [2.24, 2.45) is 22.7 Å². The van der Waals surface area contributed by atoms with E-state index in [9.17, 15) is 4.79 Å². The minimum Gasteiger partial charge on any atom is -0.409 e. The Labute approximate surface area is 96.3 Å². The molecule has 0 aromatic heterocycles. The highest BCUT2D eigenvalue weighted by Gasteiger charge is 2.33. The molecule has 0 aromatic carbocycles. The van der Waals surface area contributed by atoms with Crippen molar-refractivity contribution >= 4 is 11.7 Å². The van der Waals surface area contributed by atoms with E-state index < -0.39 is 0 Å². The molecule has 1 fully saturated rings. The van der Waals surface area contributed by atoms with Gasteiger partial charge in [0.2, 0.25) is 5.91 Å². The molecule has 0 aliphatic heterocycles. The highest BCUT2D eigenvalue weighted by atomic mass is 16.4. The zero-order valence-corrected chi connectivity index (χ0v) is 10.2. The molecule has 1 rings (SSSR count). The molecule has 92 valence electrons. The lowest BCUT2D eigenvalue weighted by Gasteiger charge is -2.28. The quantitative estimate of drug-likeness (QED) is 0.327. The fraction of sp³-hybridized carbons (Fsp3) is 0.818. The third kappa shape index (κ3) is 2.46. The molecule has 0 radical (unpaired) electrons. The number of hydrogen-bond acceptors (Lipinski definition) is 3. The Balaban J connectivity index is 2.66. The fourth-order valence-electron chi connectivity index (χ4n) is 2.25. The van der Waals surface area contributed by atoms with Gasteiger partial charge in [0, 0.05) is 13.0 Å². The molecule has 5 nitrogen and oxygen atoms in total. The summed E-state index contributed by atoms with van der Waals surface area (Å²) < 4.78 is 0. The monoisotopic (exact) mass is 227 g/mol. The van der Waals surface area contributed by atoms with Crippen LogP contribution in [0.3, 0.4) is 0 Å². The SMILES string of the molecule is CC1CCCC1C(=O)N(C)C(C)C(N)=NO. The van der Waals surface area contributed by atoms with Crippen LogP contribution in [0.4, 0.5) is 0 Å². The Bertz CT molecular complexity index is 291. The first-order valence-electron chi connectivity index (χ1n) is 5.73. The lowest BCUT2D eigenvalue weighted by Crippen LogP contribution is -2.46. The number of amidine groups is 1. The summed E-state index contributed by atoms with van der Waals surface area (Å²) in [7, 11) is 1.70. The molecule has 1 amide bonds. The van der Waals surface area contributed by atoms with E-state index in [0.29, 0.717) is 5.92 Å². The number of carbonyl (C=O) groups is 1. The summed E-state index contributed by atoms with van der Waals surface area (Å²) in [5.74, 6) is 0.707. The van der Waals surface area contributed by atoms with Gasteiger partial charge in [-0.15, -0.1) is 0 Å². The molecule has 0 spiro atoms. The predicted octanol–water partition coefficient (Wildman–Crippen LogP) is 1.02. The van der Waals surface area contributed by atoms with Crippen molar-refractivity contribution in [3.63, 3.8) is 0 Å². The Morgan fingerprint density at radius 1 is 1.56 bits per heavy atom. The third-order valence-corrected chi connectivity index (χ3v) is 3.65. The number of nitrogens with two attached hydrogens (primary N) is 1. The number of carbonyl (C=O) groups excluding carboxylic acids is 1. The molecule has 0 aromatic rings. The average Bonchev–Trinajstić information content (AvgIpc) is 2.71. The normalized spacial score (nSPS) is 27.8. The summed E-state index contributed by atoms with van der Waals surface area (Å²) in [6.07, 6.45) is 3.18. The van der Waals surface area contributed by atoms with E-state index >= 15 is 0 Å². The molecule has 16 heavy (non-hydrogen) atoms. The second-order valence-electron chi connectivity index (χ2n) is 4.66. The number of oxime groups is 1. The van der Waals surface area contributed by atoms with Gasteiger partial charge < -0.3 is 15.8 Å². The van der Waals surface area contributed by atoms with Crippen LogP contribution in [0, 0.1) is 11.8 Å². The van der Waals surface area contributed by atoms with Crippen LogP contribution in [-0.2, 0) is 4.79 Å². The second-order valence-corrected chi connectivity index (χ2v) is 4.66. The lowest BCUT2D eigenvalue weighted by atomic mass is 9.96. The van der Waals surface area contributed by atoms with Crippen LogP contribution < -0.4 is 5.73 Å². The van der Waals surface area contributed by atoms with Crippen molar-refractivity contribution in [1.29, 1.82) is 0 Å². The van der Waals surface area contributed by atoms with Gasteiger partial charge in [-0.25, -0.2) is 0 Å². The maximum absolute atomic E-state index is 12.2. The van der Waals surface area contributed by atoms with E-state index in [1.54, 1.807) is 18.9 Å². The van der Waals surface area contributed by atoms with Crippen LogP contribution in [0.1, 0.15) is 33.1 Å². The van der Waals surface area contributed by atoms with Crippen molar-refractivity contribution in [2.45, 2.75) is 39.2 Å². The minimum absolute atomic E-state index is 0.0708. The van der Waals surface area contributed by atoms with Crippen LogP contribution in [0.2, 0.25) is 0 Å². The fourth-order valence-corrected chi connectivity index (χ4v) is 2.25. The van der Waals surface area contributed by atoms with E-state index in [2.05, 4.69) is 12.1 Å². The summed E-state index contributed by atoms with van der Waals surface area (Å²) in [6, 6.07) is -0.356. The largest absolute Gasteiger partial charge is 0.409 e. The van der Waals surface area contributed by atoms with Gasteiger partial charge in [-0.2, -0.15) is 0 Å². The molecule has 1 saturated carbocycles. The lowest BCUT2D eigenvalue weighted by molar-refractivity contribution is -0.135. The number of nitrogens with zero attached hydrogens (tertiary/aromatic N) is 2. The zero-order chi connectivity index (χ0) is 12.3. The van der Waals surface area contributed by atoms with Gasteiger partial charge >= 0.3 is 0 Å². The van der Waals surface area contributed by atoms with Crippen LogP contribution in [0.15, 0.2) is 5.16 Å². The maximum atomic E-state index is 12.2. The first kappa shape index (κ1) is 12.8. The van der Waals surface area contributed by atoms with E-state index in [4.69, 9.17) is 10.9 Å². The van der Waals surface area contributed by atoms with Crippen LogP contribution in [-0.4, -0.2) is 34.9 Å². The first-order chi connectivity index (χ1) is 7.49. The highest BCUT2D eigenvalue weighted by Crippen LogP contribution is 2.32. The van der Waals surface area contributed by atoms with Crippen molar-refractivity contribution in [3.05, 3.63) is 0 Å². The van der Waals surface area contributed by atoms with Crippen LogP contribution >= 0.6 is 0 Å². The molecule has 0 saturated heterocycles. The summed E-state index contributed by atoms with van der Waals surface area (Å²) >= 11 is 0. The maximum Gasteiger partial charge on any atom is 0.226 e. The van der Waals surface area contributed by atoms with Gasteiger partial charge in [0.25, 0.3) is 0 Å². The smallest absolute Gasteiger partial charge is 0.226 e. The number of hydrogen-bond donors (Lipinski definition) is 2. The summed E-state index contributed by atoms with van der Waals surface area (Å²) in [5.41, 5.74) is 5.49. The molecule has 1 aliphatic rings. The van der Waals surface area contributed by atoms with Crippen LogP contribution in [0.25, 0.3) is 0 Å². The molecular weight excluding hydrogens is 206 g/mol. The molecule has 3 atom stereocenters. The van der Waals surface area contributed by atoms with Gasteiger partial charge in [0.15, 0.2) is 5.84 Å². The van der Waals surface area contributed by atoms with Crippen molar-refractivity contribution in [3.8, 4) is 0 Å². The molecule has 0 heterocycles. The van der Waals surface area contributed by atoms with Crippen molar-refractivity contribution in [2.75, 3.05) is 7.05 Å². The van der Waals surface area contributed by atoms with Gasteiger partial charge in [0.05, 0.1) is 6.04 Å². The van der Waals surface area contributed by atoms with Gasteiger partial charge in [-0.05, 0) is 25.7 Å². The minimum atomic E-state index is -0.356. The Kier molecular flexibility index (Phi) is 4.15. The molecular formula is C11H21N3O2. The number of rotatable bonds is 3. The molecule has 5 heteroatoms. The number of amides is 1. The second kappa shape index (κ2) is 5.18. The Morgan fingerprint density at radius 2 is 2.19 bits per heavy atom. The summed E-state index contributed by atoms with van der Waals surface area (Å²) in [6.45, 7) is 3.87. The van der Waals surface area contributed by atoms with E-state index in [1.165, 1.54) is 0 Å². The van der Waals surface area contributed by atoms with Gasteiger partial charge in [-0.3, -0.25) is 4.79 Å². The van der Waals surface area contributed by atoms with Crippen molar-refractivity contribution in [1.82, 2.24) is 4.90 Å². The summed E-state index contributed by atoms with van der Waals surface area (Å²) in [5, 5.41) is 11.5. The van der Waals surface area contributed by atoms with Crippen LogP contribution in [0.5, 0.6) is 0 Å². The average molecular weight is 227 g/mol. The van der Waals surface area contributed by atoms with Gasteiger partial charge in [0.1, 0.15) is 0 Å². The molecule has 3 N–H and O–H groups in total. The molecule has 0 bridgehead atoms. The van der Waals surface area contributed by atoms with E-state index in [0.717, 1.165) is 19.3 Å². The highest BCUT2D eigenvalue weighted by molar-refractivity contribution is 5.90. The first-order valence-corrected chi connectivity index (χ1v) is 5.73. The van der Waals surface area contributed by atoms with E-state index in [-0.39, 0.29) is 23.7 Å².